The summed E-state index contributed by atoms with van der Waals surface area (Å²) in [6.45, 7) is 14.5. The fraction of sp³-hybridized carbons (Fsp3) is 0.938. The molecule has 1 amide bonds. The minimum atomic E-state index is 0.202. The molecule has 0 aromatic rings. The zero-order chi connectivity index (χ0) is 16.8. The van der Waals surface area contributed by atoms with Crippen molar-refractivity contribution < 1.29 is 4.79 Å². The molecule has 0 saturated carbocycles. The maximum atomic E-state index is 9.79. The molecule has 21 heavy (non-hydrogen) atoms. The van der Waals surface area contributed by atoms with Gasteiger partial charge in [0.2, 0.25) is 6.41 Å². The Morgan fingerprint density at radius 3 is 1.95 bits per heavy atom. The largest absolute Gasteiger partial charge is 0.359 e. The lowest BCUT2D eigenvalue weighted by molar-refractivity contribution is -0.109. The molecule has 0 radical (unpaired) electrons. The van der Waals surface area contributed by atoms with Crippen LogP contribution in [0.1, 0.15) is 60.3 Å². The van der Waals surface area contributed by atoms with Gasteiger partial charge in [-0.2, -0.15) is 12.6 Å². The van der Waals surface area contributed by atoms with E-state index in [1.165, 1.54) is 12.8 Å². The number of amides is 1. The first-order chi connectivity index (χ1) is 9.62. The summed E-state index contributed by atoms with van der Waals surface area (Å²) in [7, 11) is 0. The second kappa shape index (κ2) is 13.4. The molecule has 0 unspecified atom stereocenters. The number of hydrogen-bond donors (Lipinski definition) is 4. The normalized spacial score (nSPS) is 11.6. The molecule has 0 bridgehead atoms. The lowest BCUT2D eigenvalue weighted by atomic mass is 9.87. The summed E-state index contributed by atoms with van der Waals surface area (Å²) in [6, 6.07) is 0. The van der Waals surface area contributed by atoms with Crippen molar-refractivity contribution in [1.29, 1.82) is 0 Å². The summed E-state index contributed by atoms with van der Waals surface area (Å²) < 4.78 is 0.202. The number of carbonyl (C=O) groups is 1. The zero-order valence-electron chi connectivity index (χ0n) is 14.7. The number of carbonyl (C=O) groups excluding carboxylic acids is 1. The molecular weight excluding hydrogens is 282 g/mol. The van der Waals surface area contributed by atoms with Crippen molar-refractivity contribution in [3.63, 3.8) is 0 Å². The molecule has 0 rings (SSSR count). The van der Waals surface area contributed by atoms with Gasteiger partial charge in [-0.1, -0.05) is 34.6 Å². The van der Waals surface area contributed by atoms with Gasteiger partial charge in [0.15, 0.2) is 0 Å². The summed E-state index contributed by atoms with van der Waals surface area (Å²) in [5.74, 6) is 0. The Morgan fingerprint density at radius 2 is 1.57 bits per heavy atom. The lowest BCUT2D eigenvalue weighted by Gasteiger charge is -2.24. The second-order valence-electron chi connectivity index (χ2n) is 7.19. The third kappa shape index (κ3) is 28.6. The van der Waals surface area contributed by atoms with Crippen molar-refractivity contribution in [2.45, 2.75) is 65.0 Å². The van der Waals surface area contributed by atoms with Crippen LogP contribution in [0.5, 0.6) is 0 Å². The molecule has 0 aromatic carbocycles. The van der Waals surface area contributed by atoms with E-state index in [-0.39, 0.29) is 4.75 Å². The maximum Gasteiger partial charge on any atom is 0.207 e. The summed E-state index contributed by atoms with van der Waals surface area (Å²) >= 11 is 4.47. The van der Waals surface area contributed by atoms with E-state index >= 15 is 0 Å². The van der Waals surface area contributed by atoms with Crippen molar-refractivity contribution in [3.05, 3.63) is 0 Å². The lowest BCUT2D eigenvalue weighted by Crippen LogP contribution is -2.23. The molecule has 0 atom stereocenters. The Morgan fingerprint density at radius 1 is 1.00 bits per heavy atom. The maximum absolute atomic E-state index is 9.79. The van der Waals surface area contributed by atoms with Crippen LogP contribution >= 0.6 is 12.6 Å². The molecular formula is C16H37N3OS. The number of nitrogens with two attached hydrogens (primary N) is 1. The van der Waals surface area contributed by atoms with Gasteiger partial charge in [0.05, 0.1) is 0 Å². The highest BCUT2D eigenvalue weighted by Gasteiger charge is 2.17. The average Bonchev–Trinajstić information content (AvgIpc) is 2.35. The Hall–Kier alpha value is -0.260. The zero-order valence-corrected chi connectivity index (χ0v) is 15.6. The van der Waals surface area contributed by atoms with Gasteiger partial charge in [-0.25, -0.2) is 0 Å². The first kappa shape index (κ1) is 23.0. The van der Waals surface area contributed by atoms with Crippen molar-refractivity contribution in [3.8, 4) is 0 Å². The standard InChI is InChI=1S/C9H20S.C7H17N3O/c1-8(2,3)6-7-9(4,5)10;8-3-1-4-9-5-2-6-10-7-11/h10H,6-7H2,1-5H3;7,9H,1-6,8H2,(H,10,11). The summed E-state index contributed by atoms with van der Waals surface area (Å²) in [4.78, 5) is 9.79. The number of nitrogens with one attached hydrogen (secondary N) is 2. The number of thiol groups is 1. The predicted molar refractivity (Wildman–Crippen MR) is 97.0 cm³/mol. The molecule has 0 saturated heterocycles. The summed E-state index contributed by atoms with van der Waals surface area (Å²) in [5, 5.41) is 5.80. The topological polar surface area (TPSA) is 67.2 Å². The van der Waals surface area contributed by atoms with Crippen molar-refractivity contribution >= 4 is 19.0 Å². The fourth-order valence-electron chi connectivity index (χ4n) is 1.41. The van der Waals surface area contributed by atoms with E-state index in [2.05, 4.69) is 57.9 Å². The van der Waals surface area contributed by atoms with Crippen LogP contribution in [0, 0.1) is 5.41 Å². The first-order valence-corrected chi connectivity index (χ1v) is 8.37. The SMILES string of the molecule is CC(C)(C)CCC(C)(C)S.NCCCNCCCNC=O. The molecule has 0 fully saturated rings. The van der Waals surface area contributed by atoms with Gasteiger partial charge >= 0.3 is 0 Å². The van der Waals surface area contributed by atoms with Gasteiger partial charge in [-0.15, -0.1) is 0 Å². The average molecular weight is 320 g/mol. The number of hydrogen-bond acceptors (Lipinski definition) is 4. The third-order valence-electron chi connectivity index (χ3n) is 2.80. The van der Waals surface area contributed by atoms with Crippen LogP contribution in [0.15, 0.2) is 0 Å². The Balaban J connectivity index is 0. The Kier molecular flexibility index (Phi) is 14.7. The van der Waals surface area contributed by atoms with E-state index in [1.807, 2.05) is 0 Å². The van der Waals surface area contributed by atoms with Crippen LogP contribution in [-0.4, -0.2) is 37.3 Å². The van der Waals surface area contributed by atoms with Gasteiger partial charge < -0.3 is 16.4 Å². The minimum absolute atomic E-state index is 0.202. The minimum Gasteiger partial charge on any atom is -0.359 e. The molecule has 0 heterocycles. The first-order valence-electron chi connectivity index (χ1n) is 7.92. The predicted octanol–water partition coefficient (Wildman–Crippen LogP) is 2.58. The van der Waals surface area contributed by atoms with E-state index in [0.29, 0.717) is 5.41 Å². The molecule has 0 spiro atoms. The van der Waals surface area contributed by atoms with Crippen LogP contribution < -0.4 is 16.4 Å². The van der Waals surface area contributed by atoms with Gasteiger partial charge in [-0.3, -0.25) is 4.79 Å². The van der Waals surface area contributed by atoms with E-state index < -0.39 is 0 Å². The molecule has 0 aliphatic heterocycles. The Labute approximate surface area is 137 Å². The highest BCUT2D eigenvalue weighted by Crippen LogP contribution is 2.28. The molecule has 128 valence electrons. The highest BCUT2D eigenvalue weighted by molar-refractivity contribution is 7.81. The molecule has 0 aliphatic carbocycles. The number of rotatable bonds is 10. The molecule has 4 nitrogen and oxygen atoms in total. The van der Waals surface area contributed by atoms with Crippen molar-refractivity contribution in [1.82, 2.24) is 10.6 Å². The molecule has 5 heteroatoms. The third-order valence-corrected chi connectivity index (χ3v) is 3.03. The van der Waals surface area contributed by atoms with Gasteiger partial charge in [-0.05, 0) is 50.7 Å². The van der Waals surface area contributed by atoms with Crippen molar-refractivity contribution in [2.24, 2.45) is 11.1 Å². The quantitative estimate of drug-likeness (QED) is 0.284. The van der Waals surface area contributed by atoms with E-state index in [0.717, 1.165) is 45.4 Å². The fourth-order valence-corrected chi connectivity index (χ4v) is 1.52. The molecule has 4 N–H and O–H groups in total. The van der Waals surface area contributed by atoms with E-state index in [1.54, 1.807) is 0 Å². The highest BCUT2D eigenvalue weighted by atomic mass is 32.1. The van der Waals surface area contributed by atoms with Gasteiger partial charge in [0, 0.05) is 11.3 Å². The van der Waals surface area contributed by atoms with Gasteiger partial charge in [0.25, 0.3) is 0 Å². The summed E-state index contributed by atoms with van der Waals surface area (Å²) in [6.07, 6.45) is 5.16. The van der Waals surface area contributed by atoms with Crippen LogP contribution in [-0.2, 0) is 4.79 Å². The van der Waals surface area contributed by atoms with E-state index in [4.69, 9.17) is 5.73 Å². The van der Waals surface area contributed by atoms with Crippen molar-refractivity contribution in [2.75, 3.05) is 26.2 Å². The van der Waals surface area contributed by atoms with Crippen LogP contribution in [0.3, 0.4) is 0 Å². The molecule has 0 aliphatic rings. The van der Waals surface area contributed by atoms with Gasteiger partial charge in [0.1, 0.15) is 0 Å². The summed E-state index contributed by atoms with van der Waals surface area (Å²) in [5.41, 5.74) is 5.75. The van der Waals surface area contributed by atoms with Crippen LogP contribution in [0.25, 0.3) is 0 Å². The second-order valence-corrected chi connectivity index (χ2v) is 8.40. The molecule has 0 aromatic heterocycles. The van der Waals surface area contributed by atoms with Crippen LogP contribution in [0.4, 0.5) is 0 Å². The Bertz CT molecular complexity index is 221. The monoisotopic (exact) mass is 319 g/mol. The van der Waals surface area contributed by atoms with E-state index in [9.17, 15) is 4.79 Å². The van der Waals surface area contributed by atoms with Crippen LogP contribution in [0.2, 0.25) is 0 Å². The smallest absolute Gasteiger partial charge is 0.207 e.